The summed E-state index contributed by atoms with van der Waals surface area (Å²) in [6.45, 7) is 4.72. The molecule has 0 aliphatic carbocycles. The first-order valence-corrected chi connectivity index (χ1v) is 8.53. The number of hydrogen-bond acceptors (Lipinski definition) is 4. The van der Waals surface area contributed by atoms with Crippen LogP contribution in [0.25, 0.3) is 0 Å². The molecule has 1 N–H and O–H groups in total. The van der Waals surface area contributed by atoms with Crippen molar-refractivity contribution >= 4 is 28.9 Å². The molecule has 0 amide bonds. The lowest BCUT2D eigenvalue weighted by Gasteiger charge is -2.20. The van der Waals surface area contributed by atoms with Crippen LogP contribution in [0.1, 0.15) is 17.0 Å². The van der Waals surface area contributed by atoms with Crippen molar-refractivity contribution in [2.75, 3.05) is 17.3 Å². The maximum absolute atomic E-state index is 6.11. The number of benzene rings is 2. The standard InChI is InChI=1S/C20H21ClN4/c1-14-9-10-17(21)11-18(14)24-19-12-20(23-15(2)22-19)25(3)13-16-7-5-4-6-8-16/h4-12H,13H2,1-3H3,(H,22,23,24). The Morgan fingerprint density at radius 3 is 2.52 bits per heavy atom. The molecule has 0 radical (unpaired) electrons. The van der Waals surface area contributed by atoms with Crippen LogP contribution < -0.4 is 10.2 Å². The van der Waals surface area contributed by atoms with E-state index in [0.717, 1.165) is 35.3 Å². The molecule has 0 bridgehead atoms. The van der Waals surface area contributed by atoms with Crippen LogP contribution in [-0.4, -0.2) is 17.0 Å². The number of hydrogen-bond donors (Lipinski definition) is 1. The van der Waals surface area contributed by atoms with Gasteiger partial charge in [-0.2, -0.15) is 0 Å². The summed E-state index contributed by atoms with van der Waals surface area (Å²) >= 11 is 6.11. The van der Waals surface area contributed by atoms with Crippen molar-refractivity contribution in [3.63, 3.8) is 0 Å². The maximum Gasteiger partial charge on any atom is 0.136 e. The molecule has 128 valence electrons. The lowest BCUT2D eigenvalue weighted by atomic mass is 10.2. The normalized spacial score (nSPS) is 10.6. The highest BCUT2D eigenvalue weighted by Gasteiger charge is 2.09. The largest absolute Gasteiger partial charge is 0.355 e. The van der Waals surface area contributed by atoms with Gasteiger partial charge in [0.15, 0.2) is 0 Å². The van der Waals surface area contributed by atoms with E-state index in [1.165, 1.54) is 5.56 Å². The highest BCUT2D eigenvalue weighted by molar-refractivity contribution is 6.30. The van der Waals surface area contributed by atoms with Crippen LogP contribution in [0, 0.1) is 13.8 Å². The smallest absolute Gasteiger partial charge is 0.136 e. The molecule has 1 aromatic heterocycles. The van der Waals surface area contributed by atoms with Gasteiger partial charge in [0.2, 0.25) is 0 Å². The Labute approximate surface area is 153 Å². The summed E-state index contributed by atoms with van der Waals surface area (Å²) in [5.74, 6) is 2.35. The molecule has 0 aliphatic rings. The van der Waals surface area contributed by atoms with Crippen molar-refractivity contribution < 1.29 is 0 Å². The molecule has 0 aliphatic heterocycles. The van der Waals surface area contributed by atoms with E-state index in [4.69, 9.17) is 11.6 Å². The van der Waals surface area contributed by atoms with Gasteiger partial charge in [-0.15, -0.1) is 0 Å². The van der Waals surface area contributed by atoms with Gasteiger partial charge in [0.05, 0.1) is 0 Å². The summed E-state index contributed by atoms with van der Waals surface area (Å²) in [6, 6.07) is 18.1. The first-order valence-electron chi connectivity index (χ1n) is 8.15. The average Bonchev–Trinajstić information content (AvgIpc) is 2.58. The third kappa shape index (κ3) is 4.48. The molecule has 0 atom stereocenters. The molecule has 0 spiro atoms. The van der Waals surface area contributed by atoms with Crippen LogP contribution in [0.2, 0.25) is 5.02 Å². The maximum atomic E-state index is 6.11. The van der Waals surface area contributed by atoms with Crippen molar-refractivity contribution in [2.24, 2.45) is 0 Å². The summed E-state index contributed by atoms with van der Waals surface area (Å²) < 4.78 is 0. The van der Waals surface area contributed by atoms with E-state index in [9.17, 15) is 0 Å². The predicted octanol–water partition coefficient (Wildman–Crippen LogP) is 5.13. The second kappa shape index (κ2) is 7.53. The fourth-order valence-corrected chi connectivity index (χ4v) is 2.79. The number of halogens is 1. The first kappa shape index (κ1) is 17.2. The minimum atomic E-state index is 0.695. The highest BCUT2D eigenvalue weighted by Crippen LogP contribution is 2.25. The number of nitrogens with zero attached hydrogens (tertiary/aromatic N) is 3. The van der Waals surface area contributed by atoms with Gasteiger partial charge in [0, 0.05) is 30.4 Å². The van der Waals surface area contributed by atoms with E-state index in [-0.39, 0.29) is 0 Å². The molecular formula is C20H21ClN4. The van der Waals surface area contributed by atoms with E-state index in [2.05, 4.69) is 32.3 Å². The van der Waals surface area contributed by atoms with Crippen molar-refractivity contribution in [2.45, 2.75) is 20.4 Å². The van der Waals surface area contributed by atoms with Gasteiger partial charge in [0.25, 0.3) is 0 Å². The second-order valence-electron chi connectivity index (χ2n) is 6.08. The Morgan fingerprint density at radius 2 is 1.76 bits per heavy atom. The Morgan fingerprint density at radius 1 is 1.00 bits per heavy atom. The van der Waals surface area contributed by atoms with Crippen LogP contribution in [-0.2, 0) is 6.54 Å². The first-order chi connectivity index (χ1) is 12.0. The van der Waals surface area contributed by atoms with Gasteiger partial charge < -0.3 is 10.2 Å². The second-order valence-corrected chi connectivity index (χ2v) is 6.52. The zero-order valence-corrected chi connectivity index (χ0v) is 15.4. The summed E-state index contributed by atoms with van der Waals surface area (Å²) in [6.07, 6.45) is 0. The van der Waals surface area contributed by atoms with Gasteiger partial charge in [0.1, 0.15) is 17.5 Å². The van der Waals surface area contributed by atoms with Gasteiger partial charge in [-0.3, -0.25) is 0 Å². The molecule has 0 fully saturated rings. The summed E-state index contributed by atoms with van der Waals surface area (Å²) in [5.41, 5.74) is 3.29. The summed E-state index contributed by atoms with van der Waals surface area (Å²) in [7, 11) is 2.03. The molecule has 1 heterocycles. The lowest BCUT2D eigenvalue weighted by molar-refractivity contribution is 0.880. The Bertz CT molecular complexity index is 865. The van der Waals surface area contributed by atoms with E-state index in [1.54, 1.807) is 0 Å². The summed E-state index contributed by atoms with van der Waals surface area (Å²) in [5, 5.41) is 4.05. The fourth-order valence-electron chi connectivity index (χ4n) is 2.62. The third-order valence-electron chi connectivity index (χ3n) is 3.94. The topological polar surface area (TPSA) is 41.1 Å². The van der Waals surface area contributed by atoms with Crippen LogP contribution in [0.3, 0.4) is 0 Å². The highest BCUT2D eigenvalue weighted by atomic mass is 35.5. The number of anilines is 3. The van der Waals surface area contributed by atoms with E-state index >= 15 is 0 Å². The van der Waals surface area contributed by atoms with E-state index in [1.807, 2.05) is 63.4 Å². The zero-order chi connectivity index (χ0) is 17.8. The Hall–Kier alpha value is -2.59. The Balaban J connectivity index is 1.84. The molecule has 3 rings (SSSR count). The quantitative estimate of drug-likeness (QED) is 0.691. The van der Waals surface area contributed by atoms with Gasteiger partial charge >= 0.3 is 0 Å². The predicted molar refractivity (Wildman–Crippen MR) is 105 cm³/mol. The zero-order valence-electron chi connectivity index (χ0n) is 14.6. The molecule has 0 saturated heterocycles. The SMILES string of the molecule is Cc1nc(Nc2cc(Cl)ccc2C)cc(N(C)Cc2ccccc2)n1. The number of aromatic nitrogens is 2. The van der Waals surface area contributed by atoms with Gasteiger partial charge in [-0.1, -0.05) is 48.0 Å². The summed E-state index contributed by atoms with van der Waals surface area (Å²) in [4.78, 5) is 11.2. The molecule has 2 aromatic carbocycles. The van der Waals surface area contributed by atoms with Gasteiger partial charge in [-0.25, -0.2) is 9.97 Å². The van der Waals surface area contributed by atoms with Crippen molar-refractivity contribution in [1.82, 2.24) is 9.97 Å². The minimum Gasteiger partial charge on any atom is -0.355 e. The number of nitrogens with one attached hydrogen (secondary N) is 1. The number of rotatable bonds is 5. The molecule has 25 heavy (non-hydrogen) atoms. The van der Waals surface area contributed by atoms with E-state index < -0.39 is 0 Å². The van der Waals surface area contributed by atoms with Crippen LogP contribution in [0.15, 0.2) is 54.6 Å². The average molecular weight is 353 g/mol. The third-order valence-corrected chi connectivity index (χ3v) is 4.18. The fraction of sp³-hybridized carbons (Fsp3) is 0.200. The number of aryl methyl sites for hydroxylation is 2. The monoisotopic (exact) mass is 352 g/mol. The molecule has 0 unspecified atom stereocenters. The molecule has 3 aromatic rings. The molecule has 5 heteroatoms. The molecular weight excluding hydrogens is 332 g/mol. The van der Waals surface area contributed by atoms with Crippen LogP contribution in [0.5, 0.6) is 0 Å². The lowest BCUT2D eigenvalue weighted by Crippen LogP contribution is -2.18. The Kier molecular flexibility index (Phi) is 5.19. The van der Waals surface area contributed by atoms with Crippen molar-refractivity contribution in [3.05, 3.63) is 76.6 Å². The van der Waals surface area contributed by atoms with E-state index in [0.29, 0.717) is 5.02 Å². The molecule has 0 saturated carbocycles. The minimum absolute atomic E-state index is 0.695. The molecule has 4 nitrogen and oxygen atoms in total. The van der Waals surface area contributed by atoms with Crippen molar-refractivity contribution in [3.8, 4) is 0 Å². The van der Waals surface area contributed by atoms with Gasteiger partial charge in [-0.05, 0) is 37.1 Å². The van der Waals surface area contributed by atoms with Crippen LogP contribution in [0.4, 0.5) is 17.3 Å². The van der Waals surface area contributed by atoms with Crippen LogP contribution >= 0.6 is 11.6 Å². The van der Waals surface area contributed by atoms with Crippen molar-refractivity contribution in [1.29, 1.82) is 0 Å².